The van der Waals surface area contributed by atoms with Gasteiger partial charge in [0.1, 0.15) is 0 Å². The van der Waals surface area contributed by atoms with Gasteiger partial charge in [0.15, 0.2) is 0 Å². The fourth-order valence-corrected chi connectivity index (χ4v) is 1.89. The maximum absolute atomic E-state index is 11.1. The maximum Gasteiger partial charge on any atom is 0.308 e. The number of aliphatic hydroxyl groups excluding tert-OH is 1. The first-order chi connectivity index (χ1) is 8.52. The standard InChI is InChI=1S/C12H15BrClNO3/c1-2-18-12(17)6-9(16)7-15-11-5-8(13)3-4-10(11)14/h3-5,9,15-16H,2,6-7H2,1H3. The molecule has 1 aromatic rings. The van der Waals surface area contributed by atoms with E-state index in [-0.39, 0.29) is 13.0 Å². The van der Waals surface area contributed by atoms with Gasteiger partial charge in [-0.25, -0.2) is 0 Å². The van der Waals surface area contributed by atoms with Crippen molar-refractivity contribution in [3.8, 4) is 0 Å². The number of rotatable bonds is 6. The highest BCUT2D eigenvalue weighted by molar-refractivity contribution is 9.10. The van der Waals surface area contributed by atoms with Gasteiger partial charge in [-0.2, -0.15) is 0 Å². The van der Waals surface area contributed by atoms with Gasteiger partial charge in [0.05, 0.1) is 29.8 Å². The van der Waals surface area contributed by atoms with Crippen molar-refractivity contribution in [3.05, 3.63) is 27.7 Å². The molecule has 0 fully saturated rings. The van der Waals surface area contributed by atoms with Gasteiger partial charge in [0, 0.05) is 11.0 Å². The summed E-state index contributed by atoms with van der Waals surface area (Å²) in [4.78, 5) is 11.1. The minimum absolute atomic E-state index is 0.0353. The third-order valence-electron chi connectivity index (χ3n) is 2.16. The molecule has 0 bridgehead atoms. The summed E-state index contributed by atoms with van der Waals surface area (Å²) >= 11 is 9.31. The molecule has 0 saturated carbocycles. The van der Waals surface area contributed by atoms with Crippen LogP contribution in [0.5, 0.6) is 0 Å². The lowest BCUT2D eigenvalue weighted by Crippen LogP contribution is -2.24. The molecule has 6 heteroatoms. The predicted molar refractivity (Wildman–Crippen MR) is 74.9 cm³/mol. The average molecular weight is 337 g/mol. The molecule has 0 heterocycles. The number of benzene rings is 1. The van der Waals surface area contributed by atoms with Crippen LogP contribution in [0.15, 0.2) is 22.7 Å². The van der Waals surface area contributed by atoms with Crippen LogP contribution in [0.4, 0.5) is 5.69 Å². The van der Waals surface area contributed by atoms with Crippen LogP contribution in [0.3, 0.4) is 0 Å². The van der Waals surface area contributed by atoms with Gasteiger partial charge in [-0.1, -0.05) is 27.5 Å². The van der Waals surface area contributed by atoms with Gasteiger partial charge in [-0.3, -0.25) is 4.79 Å². The van der Waals surface area contributed by atoms with Crippen molar-refractivity contribution in [3.63, 3.8) is 0 Å². The second-order valence-electron chi connectivity index (χ2n) is 3.67. The van der Waals surface area contributed by atoms with E-state index in [0.29, 0.717) is 17.3 Å². The number of carbonyl (C=O) groups excluding carboxylic acids is 1. The Labute approximate surface area is 119 Å². The van der Waals surface area contributed by atoms with Crippen LogP contribution in [-0.4, -0.2) is 30.3 Å². The molecule has 0 aliphatic rings. The summed E-state index contributed by atoms with van der Waals surface area (Å²) in [6.45, 7) is 2.27. The van der Waals surface area contributed by atoms with Gasteiger partial charge in [-0.15, -0.1) is 0 Å². The molecule has 1 unspecified atom stereocenters. The number of esters is 1. The molecule has 4 nitrogen and oxygen atoms in total. The van der Waals surface area contributed by atoms with Gasteiger partial charge in [0.25, 0.3) is 0 Å². The Morgan fingerprint density at radius 3 is 3.00 bits per heavy atom. The summed E-state index contributed by atoms with van der Waals surface area (Å²) in [5.74, 6) is -0.410. The van der Waals surface area contributed by atoms with Crippen molar-refractivity contribution in [2.24, 2.45) is 0 Å². The van der Waals surface area contributed by atoms with Crippen molar-refractivity contribution in [1.82, 2.24) is 0 Å². The summed E-state index contributed by atoms with van der Waals surface area (Å²) in [7, 11) is 0. The molecular formula is C12H15BrClNO3. The zero-order valence-electron chi connectivity index (χ0n) is 9.95. The Bertz CT molecular complexity index is 414. The Kier molecular flexibility index (Phi) is 6.46. The molecule has 0 radical (unpaired) electrons. The number of nitrogens with one attached hydrogen (secondary N) is 1. The second-order valence-corrected chi connectivity index (χ2v) is 4.99. The number of ether oxygens (including phenoxy) is 1. The molecule has 18 heavy (non-hydrogen) atoms. The Morgan fingerprint density at radius 2 is 2.33 bits per heavy atom. The van der Waals surface area contributed by atoms with E-state index in [9.17, 15) is 9.90 Å². The average Bonchev–Trinajstić information content (AvgIpc) is 2.30. The van der Waals surface area contributed by atoms with Crippen LogP contribution in [0.1, 0.15) is 13.3 Å². The minimum Gasteiger partial charge on any atom is -0.466 e. The first kappa shape index (κ1) is 15.3. The van der Waals surface area contributed by atoms with Crippen molar-refractivity contribution in [2.75, 3.05) is 18.5 Å². The summed E-state index contributed by atoms with van der Waals surface area (Å²) in [6, 6.07) is 5.37. The number of aliphatic hydroxyl groups is 1. The lowest BCUT2D eigenvalue weighted by Gasteiger charge is -2.13. The third-order valence-corrected chi connectivity index (χ3v) is 2.99. The Hall–Kier alpha value is -0.780. The first-order valence-electron chi connectivity index (χ1n) is 5.55. The van der Waals surface area contributed by atoms with Crippen LogP contribution in [0.2, 0.25) is 5.02 Å². The molecule has 0 aliphatic heterocycles. The lowest BCUT2D eigenvalue weighted by molar-refractivity contribution is -0.145. The van der Waals surface area contributed by atoms with E-state index in [0.717, 1.165) is 4.47 Å². The van der Waals surface area contributed by atoms with E-state index in [4.69, 9.17) is 16.3 Å². The van der Waals surface area contributed by atoms with Crippen molar-refractivity contribution in [2.45, 2.75) is 19.4 Å². The topological polar surface area (TPSA) is 58.6 Å². The summed E-state index contributed by atoms with van der Waals surface area (Å²) < 4.78 is 5.63. The van der Waals surface area contributed by atoms with Gasteiger partial charge < -0.3 is 15.2 Å². The fraction of sp³-hybridized carbons (Fsp3) is 0.417. The predicted octanol–water partition coefficient (Wildman–Crippen LogP) is 2.83. The molecule has 0 saturated heterocycles. The van der Waals surface area contributed by atoms with Gasteiger partial charge >= 0.3 is 5.97 Å². The van der Waals surface area contributed by atoms with Crippen molar-refractivity contribution < 1.29 is 14.6 Å². The highest BCUT2D eigenvalue weighted by Crippen LogP contribution is 2.25. The number of hydrogen-bond donors (Lipinski definition) is 2. The quantitative estimate of drug-likeness (QED) is 0.784. The van der Waals surface area contributed by atoms with Crippen LogP contribution in [0, 0.1) is 0 Å². The normalized spacial score (nSPS) is 12.0. The number of carbonyl (C=O) groups is 1. The molecule has 2 N–H and O–H groups in total. The van der Waals surface area contributed by atoms with E-state index >= 15 is 0 Å². The lowest BCUT2D eigenvalue weighted by atomic mass is 10.2. The first-order valence-corrected chi connectivity index (χ1v) is 6.72. The van der Waals surface area contributed by atoms with Crippen LogP contribution in [-0.2, 0) is 9.53 Å². The van der Waals surface area contributed by atoms with Gasteiger partial charge in [0.2, 0.25) is 0 Å². The molecule has 1 atom stereocenters. The maximum atomic E-state index is 11.1. The molecule has 0 amide bonds. The van der Waals surface area contributed by atoms with E-state index in [1.54, 1.807) is 19.1 Å². The highest BCUT2D eigenvalue weighted by Gasteiger charge is 2.12. The Morgan fingerprint density at radius 1 is 1.61 bits per heavy atom. The smallest absolute Gasteiger partial charge is 0.308 e. The number of halogens is 2. The third kappa shape index (κ3) is 5.25. The fourth-order valence-electron chi connectivity index (χ4n) is 1.35. The van der Waals surface area contributed by atoms with Crippen LogP contribution < -0.4 is 5.32 Å². The molecule has 1 rings (SSSR count). The van der Waals surface area contributed by atoms with Crippen LogP contribution >= 0.6 is 27.5 Å². The molecule has 0 spiro atoms. The number of anilines is 1. The summed E-state index contributed by atoms with van der Waals surface area (Å²) in [5, 5.41) is 13.2. The molecule has 0 aliphatic carbocycles. The van der Waals surface area contributed by atoms with Gasteiger partial charge in [-0.05, 0) is 25.1 Å². The highest BCUT2D eigenvalue weighted by atomic mass is 79.9. The second kappa shape index (κ2) is 7.61. The zero-order chi connectivity index (χ0) is 13.5. The summed E-state index contributed by atoms with van der Waals surface area (Å²) in [6.07, 6.45) is -0.842. The molecular weight excluding hydrogens is 321 g/mol. The number of hydrogen-bond acceptors (Lipinski definition) is 4. The van der Waals surface area contributed by atoms with E-state index in [1.165, 1.54) is 0 Å². The Balaban J connectivity index is 2.44. The van der Waals surface area contributed by atoms with Crippen LogP contribution in [0.25, 0.3) is 0 Å². The van der Waals surface area contributed by atoms with E-state index in [1.807, 2.05) is 6.07 Å². The van der Waals surface area contributed by atoms with Crippen molar-refractivity contribution >= 4 is 39.2 Å². The summed E-state index contributed by atoms with van der Waals surface area (Å²) in [5.41, 5.74) is 0.703. The largest absolute Gasteiger partial charge is 0.466 e. The molecule has 1 aromatic carbocycles. The van der Waals surface area contributed by atoms with E-state index < -0.39 is 12.1 Å². The monoisotopic (exact) mass is 335 g/mol. The molecule has 100 valence electrons. The SMILES string of the molecule is CCOC(=O)CC(O)CNc1cc(Br)ccc1Cl. The van der Waals surface area contributed by atoms with E-state index in [2.05, 4.69) is 21.2 Å². The minimum atomic E-state index is -0.806. The zero-order valence-corrected chi connectivity index (χ0v) is 12.3. The molecule has 0 aromatic heterocycles. The van der Waals surface area contributed by atoms with Crippen molar-refractivity contribution in [1.29, 1.82) is 0 Å².